The first kappa shape index (κ1) is 38.1. The van der Waals surface area contributed by atoms with E-state index in [9.17, 15) is 0 Å². The largest absolute Gasteiger partial charge is 0.309 e. The molecule has 10 aromatic carbocycles. The maximum absolute atomic E-state index is 5.49. The Bertz CT molecular complexity index is 4460. The van der Waals surface area contributed by atoms with Gasteiger partial charge < -0.3 is 4.57 Å². The third kappa shape index (κ3) is 5.74. The van der Waals surface area contributed by atoms with Gasteiger partial charge in [-0.15, -0.1) is 34.0 Å². The fourth-order valence-electron chi connectivity index (χ4n) is 10.6. The zero-order chi connectivity index (χ0) is 44.5. The highest BCUT2D eigenvalue weighted by atomic mass is 32.1. The lowest BCUT2D eigenvalue weighted by Crippen LogP contribution is -2.02. The van der Waals surface area contributed by atoms with Crippen LogP contribution < -0.4 is 0 Å². The molecule has 0 atom stereocenters. The van der Waals surface area contributed by atoms with E-state index in [1.54, 1.807) is 0 Å². The van der Waals surface area contributed by atoms with Gasteiger partial charge in [-0.3, -0.25) is 0 Å². The number of para-hydroxylation sites is 1. The normalized spacial score (nSPS) is 12.1. The predicted molar refractivity (Wildman–Crippen MR) is 292 cm³/mol. The Morgan fingerprint density at radius 1 is 0.294 bits per heavy atom. The van der Waals surface area contributed by atoms with Crippen molar-refractivity contribution in [2.75, 3.05) is 0 Å². The van der Waals surface area contributed by atoms with Crippen molar-refractivity contribution in [1.82, 2.24) is 19.5 Å². The van der Waals surface area contributed by atoms with Gasteiger partial charge in [-0.2, -0.15) is 0 Å². The molecule has 0 aliphatic heterocycles. The van der Waals surface area contributed by atoms with Gasteiger partial charge in [0.15, 0.2) is 17.5 Å². The molecule has 0 aliphatic carbocycles. The first-order valence-corrected chi connectivity index (χ1v) is 25.2. The minimum absolute atomic E-state index is 0.627. The van der Waals surface area contributed by atoms with Crippen molar-refractivity contribution < 1.29 is 0 Å². The summed E-state index contributed by atoms with van der Waals surface area (Å²) in [7, 11) is 0. The van der Waals surface area contributed by atoms with Gasteiger partial charge in [0.2, 0.25) is 0 Å². The highest BCUT2D eigenvalue weighted by Gasteiger charge is 2.22. The summed E-state index contributed by atoms with van der Waals surface area (Å²) in [4.78, 5) is 16.4. The van der Waals surface area contributed by atoms with Crippen molar-refractivity contribution in [1.29, 1.82) is 0 Å². The molecule has 0 fully saturated rings. The van der Waals surface area contributed by atoms with Crippen LogP contribution in [0.5, 0.6) is 0 Å². The van der Waals surface area contributed by atoms with Gasteiger partial charge in [0.05, 0.1) is 16.7 Å². The van der Waals surface area contributed by atoms with Gasteiger partial charge in [-0.05, 0) is 89.1 Å². The number of fused-ring (bicyclic) bond motifs is 13. The number of aromatic nitrogens is 4. The van der Waals surface area contributed by atoms with Crippen LogP contribution in [0.4, 0.5) is 0 Å². The second kappa shape index (κ2) is 14.7. The van der Waals surface area contributed by atoms with Crippen molar-refractivity contribution in [3.8, 4) is 51.0 Å². The van der Waals surface area contributed by atoms with Crippen LogP contribution in [0.25, 0.3) is 144 Å². The smallest absolute Gasteiger partial charge is 0.164 e. The second-order valence-electron chi connectivity index (χ2n) is 17.5. The summed E-state index contributed by atoms with van der Waals surface area (Å²) in [6.07, 6.45) is 0. The Morgan fingerprint density at radius 2 is 0.809 bits per heavy atom. The summed E-state index contributed by atoms with van der Waals surface area (Å²) in [6, 6.07) is 75.0. The molecule has 68 heavy (non-hydrogen) atoms. The summed E-state index contributed by atoms with van der Waals surface area (Å²) in [5, 5.41) is 12.2. The molecular formula is C61H34N4S3. The number of hydrogen-bond acceptors (Lipinski definition) is 6. The number of rotatable bonds is 5. The minimum Gasteiger partial charge on any atom is -0.309 e. The van der Waals surface area contributed by atoms with E-state index in [4.69, 9.17) is 15.0 Å². The number of thiophene rings is 3. The highest BCUT2D eigenvalue weighted by Crippen LogP contribution is 2.45. The predicted octanol–water partition coefficient (Wildman–Crippen LogP) is 17.9. The van der Waals surface area contributed by atoms with E-state index in [1.165, 1.54) is 87.6 Å². The first-order valence-electron chi connectivity index (χ1n) is 22.7. The standard InChI is InChI=1S/C61H34N4S3/c1-2-14-36-33-50-47(31-35(36)13-1)39-15-3-7-21-48(39)65(50)49-30-28-38(32-46(49)37-27-29-41-40-16-4-8-22-51(40)68-56(41)34-37)59-62-60(44-19-11-25-54-57(44)42-17-5-9-23-52(42)66-54)64-61(63-59)45-20-12-26-55-58(45)43-18-6-10-24-53(43)67-55/h1-34H. The molecule has 5 aromatic heterocycles. The van der Waals surface area contributed by atoms with E-state index >= 15 is 0 Å². The van der Waals surface area contributed by atoms with Crippen LogP contribution in [-0.4, -0.2) is 19.5 Å². The fraction of sp³-hybridized carbons (Fsp3) is 0. The van der Waals surface area contributed by atoms with E-state index in [0.29, 0.717) is 17.5 Å². The summed E-state index contributed by atoms with van der Waals surface area (Å²) in [5.74, 6) is 1.94. The van der Waals surface area contributed by atoms with E-state index in [0.717, 1.165) is 39.0 Å². The van der Waals surface area contributed by atoms with Crippen molar-refractivity contribution in [3.63, 3.8) is 0 Å². The molecule has 15 aromatic rings. The average molecular weight is 919 g/mol. The molecule has 0 spiro atoms. The molecule has 0 aliphatic rings. The third-order valence-electron chi connectivity index (χ3n) is 13.6. The van der Waals surface area contributed by atoms with Gasteiger partial charge in [0, 0.05) is 93.5 Å². The topological polar surface area (TPSA) is 43.6 Å². The van der Waals surface area contributed by atoms with Crippen LogP contribution in [-0.2, 0) is 0 Å². The number of hydrogen-bond donors (Lipinski definition) is 0. The van der Waals surface area contributed by atoms with Crippen molar-refractivity contribution in [3.05, 3.63) is 206 Å². The van der Waals surface area contributed by atoms with E-state index in [1.807, 2.05) is 34.0 Å². The molecule has 7 heteroatoms. The zero-order valence-corrected chi connectivity index (χ0v) is 38.6. The third-order valence-corrected chi connectivity index (χ3v) is 17.1. The highest BCUT2D eigenvalue weighted by molar-refractivity contribution is 7.26. The monoisotopic (exact) mass is 918 g/mol. The van der Waals surface area contributed by atoms with Crippen LogP contribution >= 0.6 is 34.0 Å². The molecule has 15 rings (SSSR count). The SMILES string of the molecule is c1ccc2cc3c(cc2c1)c1ccccc1n3-c1ccc(-c2nc(-c3cccc4sc5ccccc5c34)nc(-c3cccc4sc5ccccc5c34)n2)cc1-c1ccc2c(c1)sc1ccccc12. The van der Waals surface area contributed by atoms with Gasteiger partial charge >= 0.3 is 0 Å². The molecule has 0 amide bonds. The van der Waals surface area contributed by atoms with Crippen LogP contribution in [0.3, 0.4) is 0 Å². The molecule has 5 heterocycles. The van der Waals surface area contributed by atoms with Gasteiger partial charge in [0.25, 0.3) is 0 Å². The number of nitrogens with zero attached hydrogens (tertiary/aromatic N) is 4. The maximum atomic E-state index is 5.49. The summed E-state index contributed by atoms with van der Waals surface area (Å²) >= 11 is 5.46. The molecule has 316 valence electrons. The zero-order valence-electron chi connectivity index (χ0n) is 36.1. The Balaban J connectivity index is 1.02. The molecule has 0 bridgehead atoms. The molecule has 0 saturated heterocycles. The molecule has 0 N–H and O–H groups in total. The van der Waals surface area contributed by atoms with Crippen molar-refractivity contribution in [2.45, 2.75) is 0 Å². The lowest BCUT2D eigenvalue weighted by atomic mass is 9.98. The van der Waals surface area contributed by atoms with E-state index < -0.39 is 0 Å². The summed E-state index contributed by atoms with van der Waals surface area (Å²) in [5.41, 5.74) is 8.55. The molecule has 4 nitrogen and oxygen atoms in total. The van der Waals surface area contributed by atoms with Gasteiger partial charge in [-0.1, -0.05) is 133 Å². The first-order chi connectivity index (χ1) is 33.7. The quantitative estimate of drug-likeness (QED) is 0.173. The summed E-state index contributed by atoms with van der Waals surface area (Å²) < 4.78 is 9.90. The van der Waals surface area contributed by atoms with Crippen LogP contribution in [0, 0.1) is 0 Å². The van der Waals surface area contributed by atoms with Crippen LogP contribution in [0.1, 0.15) is 0 Å². The Kier molecular flexibility index (Phi) is 8.24. The average Bonchev–Trinajstić information content (AvgIpc) is 4.16. The second-order valence-corrected chi connectivity index (χ2v) is 20.7. The lowest BCUT2D eigenvalue weighted by Gasteiger charge is -2.17. The molecule has 0 radical (unpaired) electrons. The summed E-state index contributed by atoms with van der Waals surface area (Å²) in [6.45, 7) is 0. The number of benzene rings is 10. The Hall–Kier alpha value is -8.07. The van der Waals surface area contributed by atoms with Crippen LogP contribution in [0.2, 0.25) is 0 Å². The van der Waals surface area contributed by atoms with Crippen LogP contribution in [0.15, 0.2) is 206 Å². The fourth-order valence-corrected chi connectivity index (χ4v) is 14.0. The molecule has 0 saturated carbocycles. The van der Waals surface area contributed by atoms with Crippen molar-refractivity contribution in [2.24, 2.45) is 0 Å². The van der Waals surface area contributed by atoms with E-state index in [2.05, 4.69) is 211 Å². The molecular weight excluding hydrogens is 885 g/mol. The Labute approximate surface area is 401 Å². The van der Waals surface area contributed by atoms with Gasteiger partial charge in [0.1, 0.15) is 0 Å². The lowest BCUT2D eigenvalue weighted by molar-refractivity contribution is 1.08. The Morgan fingerprint density at radius 3 is 1.50 bits per heavy atom. The maximum Gasteiger partial charge on any atom is 0.164 e. The molecule has 0 unspecified atom stereocenters. The minimum atomic E-state index is 0.627. The van der Waals surface area contributed by atoms with Crippen molar-refractivity contribution >= 4 is 127 Å². The van der Waals surface area contributed by atoms with Gasteiger partial charge in [-0.25, -0.2) is 15.0 Å². The van der Waals surface area contributed by atoms with E-state index in [-0.39, 0.29) is 0 Å².